The first-order valence-electron chi connectivity index (χ1n) is 8.08. The molecule has 0 radical (unpaired) electrons. The highest BCUT2D eigenvalue weighted by atomic mass is 15.1. The predicted octanol–water partition coefficient (Wildman–Crippen LogP) is 2.74. The summed E-state index contributed by atoms with van der Waals surface area (Å²) < 4.78 is 0. The Labute approximate surface area is 113 Å². The van der Waals surface area contributed by atoms with Crippen LogP contribution >= 0.6 is 0 Å². The molecule has 0 heterocycles. The maximum Gasteiger partial charge on any atom is 0.0104 e. The Hall–Kier alpha value is -0.0800. The first-order chi connectivity index (χ1) is 8.69. The smallest absolute Gasteiger partial charge is 0.0104 e. The summed E-state index contributed by atoms with van der Waals surface area (Å²) >= 11 is 0. The molecule has 4 aliphatic rings. The number of nitrogens with one attached hydrogen (secondary N) is 1. The third-order valence-corrected chi connectivity index (χ3v) is 5.88. The topological polar surface area (TPSA) is 15.3 Å². The van der Waals surface area contributed by atoms with Gasteiger partial charge < -0.3 is 10.2 Å². The number of rotatable bonds is 6. The van der Waals surface area contributed by atoms with Crippen LogP contribution in [0.15, 0.2) is 0 Å². The van der Waals surface area contributed by atoms with E-state index < -0.39 is 0 Å². The van der Waals surface area contributed by atoms with E-state index in [1.54, 1.807) is 19.3 Å². The van der Waals surface area contributed by atoms with Crippen molar-refractivity contribution in [2.75, 3.05) is 33.2 Å². The van der Waals surface area contributed by atoms with Crippen LogP contribution in [0.3, 0.4) is 0 Å². The maximum absolute atomic E-state index is 3.77. The highest BCUT2D eigenvalue weighted by Gasteiger charge is 2.50. The van der Waals surface area contributed by atoms with Crippen molar-refractivity contribution in [2.24, 2.45) is 23.2 Å². The van der Waals surface area contributed by atoms with Gasteiger partial charge in [0.2, 0.25) is 0 Å². The van der Waals surface area contributed by atoms with Gasteiger partial charge in [-0.25, -0.2) is 0 Å². The molecule has 2 nitrogen and oxygen atoms in total. The van der Waals surface area contributed by atoms with Crippen molar-refractivity contribution < 1.29 is 0 Å². The molecule has 2 heteroatoms. The zero-order valence-corrected chi connectivity index (χ0v) is 12.3. The maximum atomic E-state index is 3.77. The molecule has 4 fully saturated rings. The molecule has 0 spiro atoms. The van der Waals surface area contributed by atoms with Gasteiger partial charge in [-0.3, -0.25) is 0 Å². The summed E-state index contributed by atoms with van der Waals surface area (Å²) in [6.45, 7) is 7.07. The SMILES string of the molecule is CCN(C)CCNCC12CC3CC(CC(C3)C1)C2. The van der Waals surface area contributed by atoms with Crippen molar-refractivity contribution in [1.29, 1.82) is 0 Å². The van der Waals surface area contributed by atoms with Crippen LogP contribution in [0, 0.1) is 23.2 Å². The van der Waals surface area contributed by atoms with Crippen molar-refractivity contribution in [3.8, 4) is 0 Å². The molecule has 0 aromatic heterocycles. The van der Waals surface area contributed by atoms with Gasteiger partial charge in [0.1, 0.15) is 0 Å². The van der Waals surface area contributed by atoms with Gasteiger partial charge in [0.15, 0.2) is 0 Å². The summed E-state index contributed by atoms with van der Waals surface area (Å²) in [7, 11) is 2.21. The van der Waals surface area contributed by atoms with Crippen LogP contribution in [0.2, 0.25) is 0 Å². The minimum atomic E-state index is 0.708. The fourth-order valence-electron chi connectivity index (χ4n) is 5.29. The second kappa shape index (κ2) is 5.13. The molecule has 0 aromatic rings. The summed E-state index contributed by atoms with van der Waals surface area (Å²) in [5.74, 6) is 3.28. The van der Waals surface area contributed by atoms with E-state index in [9.17, 15) is 0 Å². The third kappa shape index (κ3) is 2.60. The summed E-state index contributed by atoms with van der Waals surface area (Å²) in [6.07, 6.45) is 9.31. The van der Waals surface area contributed by atoms with E-state index in [1.165, 1.54) is 45.4 Å². The molecule has 4 bridgehead atoms. The van der Waals surface area contributed by atoms with Crippen LogP contribution in [-0.2, 0) is 0 Å². The molecule has 104 valence electrons. The first kappa shape index (κ1) is 12.9. The van der Waals surface area contributed by atoms with Crippen molar-refractivity contribution in [2.45, 2.75) is 45.4 Å². The molecule has 0 amide bonds. The summed E-state index contributed by atoms with van der Waals surface area (Å²) in [5, 5.41) is 3.77. The van der Waals surface area contributed by atoms with Crippen molar-refractivity contribution in [3.63, 3.8) is 0 Å². The molecule has 4 aliphatic carbocycles. The zero-order chi connectivity index (χ0) is 12.6. The second-order valence-electron chi connectivity index (χ2n) is 7.49. The van der Waals surface area contributed by atoms with Crippen LogP contribution in [-0.4, -0.2) is 38.1 Å². The summed E-state index contributed by atoms with van der Waals surface area (Å²) in [5.41, 5.74) is 0.708. The molecule has 4 saturated carbocycles. The van der Waals surface area contributed by atoms with Crippen molar-refractivity contribution in [3.05, 3.63) is 0 Å². The van der Waals surface area contributed by atoms with E-state index in [4.69, 9.17) is 0 Å². The van der Waals surface area contributed by atoms with Gasteiger partial charge in [-0.2, -0.15) is 0 Å². The molecule has 1 N–H and O–H groups in total. The Bertz CT molecular complexity index is 252. The van der Waals surface area contributed by atoms with Crippen LogP contribution in [0.1, 0.15) is 45.4 Å². The highest BCUT2D eigenvalue weighted by molar-refractivity contribution is 5.02. The number of hydrogen-bond donors (Lipinski definition) is 1. The van der Waals surface area contributed by atoms with Crippen LogP contribution in [0.25, 0.3) is 0 Å². The zero-order valence-electron chi connectivity index (χ0n) is 12.3. The lowest BCUT2D eigenvalue weighted by atomic mass is 9.49. The average Bonchev–Trinajstić information content (AvgIpc) is 2.32. The quantitative estimate of drug-likeness (QED) is 0.729. The van der Waals surface area contributed by atoms with Crippen molar-refractivity contribution >= 4 is 0 Å². The summed E-state index contributed by atoms with van der Waals surface area (Å²) in [6, 6.07) is 0. The molecular weight excluding hydrogens is 220 g/mol. The largest absolute Gasteiger partial charge is 0.315 e. The van der Waals surface area contributed by atoms with E-state index in [0.29, 0.717) is 5.41 Å². The molecule has 0 atom stereocenters. The van der Waals surface area contributed by atoms with Gasteiger partial charge >= 0.3 is 0 Å². The average molecular weight is 250 g/mol. The normalized spacial score (nSPS) is 41.8. The van der Waals surface area contributed by atoms with Crippen molar-refractivity contribution in [1.82, 2.24) is 10.2 Å². The minimum Gasteiger partial charge on any atom is -0.315 e. The van der Waals surface area contributed by atoms with E-state index in [-0.39, 0.29) is 0 Å². The Morgan fingerprint density at radius 1 is 1.06 bits per heavy atom. The molecule has 0 saturated heterocycles. The standard InChI is InChI=1S/C16H30N2/c1-3-18(2)5-4-17-12-16-9-13-6-14(10-16)8-15(7-13)11-16/h13-15,17H,3-12H2,1-2H3. The first-order valence-corrected chi connectivity index (χ1v) is 8.08. The van der Waals surface area contributed by atoms with Gasteiger partial charge in [-0.05, 0) is 75.3 Å². The van der Waals surface area contributed by atoms with Gasteiger partial charge in [0, 0.05) is 19.6 Å². The molecule has 18 heavy (non-hydrogen) atoms. The Morgan fingerprint density at radius 2 is 1.61 bits per heavy atom. The van der Waals surface area contributed by atoms with E-state index >= 15 is 0 Å². The molecular formula is C16H30N2. The van der Waals surface area contributed by atoms with E-state index in [2.05, 4.69) is 24.2 Å². The molecule has 0 aliphatic heterocycles. The van der Waals surface area contributed by atoms with E-state index in [1.807, 2.05) is 0 Å². The molecule has 0 unspecified atom stereocenters. The lowest BCUT2D eigenvalue weighted by Gasteiger charge is -2.57. The fraction of sp³-hybridized carbons (Fsp3) is 1.00. The predicted molar refractivity (Wildman–Crippen MR) is 76.6 cm³/mol. The van der Waals surface area contributed by atoms with Crippen LogP contribution in [0.5, 0.6) is 0 Å². The monoisotopic (exact) mass is 250 g/mol. The Morgan fingerprint density at radius 3 is 2.11 bits per heavy atom. The summed E-state index contributed by atoms with van der Waals surface area (Å²) in [4.78, 5) is 2.40. The van der Waals surface area contributed by atoms with Crippen LogP contribution in [0.4, 0.5) is 0 Å². The van der Waals surface area contributed by atoms with Gasteiger partial charge in [0.05, 0.1) is 0 Å². The van der Waals surface area contributed by atoms with E-state index in [0.717, 1.165) is 17.8 Å². The number of likely N-dealkylation sites (N-methyl/N-ethyl adjacent to an activating group) is 1. The lowest BCUT2D eigenvalue weighted by Crippen LogP contribution is -2.50. The molecule has 4 rings (SSSR count). The van der Waals surface area contributed by atoms with Gasteiger partial charge in [-0.1, -0.05) is 6.92 Å². The third-order valence-electron chi connectivity index (χ3n) is 5.88. The number of nitrogens with zero attached hydrogens (tertiary/aromatic N) is 1. The highest BCUT2D eigenvalue weighted by Crippen LogP contribution is 2.59. The Kier molecular flexibility index (Phi) is 3.68. The van der Waals surface area contributed by atoms with Crippen LogP contribution < -0.4 is 5.32 Å². The number of hydrogen-bond acceptors (Lipinski definition) is 2. The minimum absolute atomic E-state index is 0.708. The fourth-order valence-corrected chi connectivity index (χ4v) is 5.29. The lowest BCUT2D eigenvalue weighted by molar-refractivity contribution is -0.0513. The van der Waals surface area contributed by atoms with Gasteiger partial charge in [0.25, 0.3) is 0 Å². The Balaban J connectivity index is 1.47. The van der Waals surface area contributed by atoms with Gasteiger partial charge in [-0.15, -0.1) is 0 Å². The molecule has 0 aromatic carbocycles. The second-order valence-corrected chi connectivity index (χ2v) is 7.49.